The van der Waals surface area contributed by atoms with Crippen molar-refractivity contribution in [3.05, 3.63) is 35.9 Å². The van der Waals surface area contributed by atoms with E-state index in [1.54, 1.807) is 30.3 Å². The van der Waals surface area contributed by atoms with E-state index in [0.717, 1.165) is 0 Å². The Kier molecular flexibility index (Phi) is 5.02. The molecule has 1 rings (SSSR count). The first kappa shape index (κ1) is 14.4. The predicted octanol–water partition coefficient (Wildman–Crippen LogP) is 0.304. The Morgan fingerprint density at radius 1 is 1.39 bits per heavy atom. The van der Waals surface area contributed by atoms with Gasteiger partial charge in [-0.15, -0.1) is 0 Å². The highest BCUT2D eigenvalue weighted by atomic mass is 32.1. The average molecular weight is 270 g/mol. The molecule has 0 radical (unpaired) electrons. The first-order valence-corrected chi connectivity index (χ1v) is 5.55. The summed E-state index contributed by atoms with van der Waals surface area (Å²) in [4.78, 5) is 11.4. The largest absolute Gasteiger partial charge is 0.465 e. The Bertz CT molecular complexity index is 412. The van der Waals surface area contributed by atoms with Gasteiger partial charge in [-0.25, -0.2) is 9.69 Å². The van der Waals surface area contributed by atoms with E-state index in [1.807, 2.05) is 0 Å². The van der Waals surface area contributed by atoms with Crippen LogP contribution < -0.4 is 5.73 Å². The van der Waals surface area contributed by atoms with Crippen LogP contribution in [0.4, 0.5) is 4.79 Å². The van der Waals surface area contributed by atoms with Gasteiger partial charge in [-0.05, 0) is 17.8 Å². The minimum Gasteiger partial charge on any atom is -0.465 e. The molecule has 0 aromatic heterocycles. The molecule has 0 saturated carbocycles. The van der Waals surface area contributed by atoms with E-state index < -0.39 is 30.0 Å². The minimum atomic E-state index is -1.53. The third-order valence-electron chi connectivity index (χ3n) is 2.49. The van der Waals surface area contributed by atoms with Gasteiger partial charge in [0.2, 0.25) is 0 Å². The minimum absolute atomic E-state index is 0.433. The Morgan fingerprint density at radius 2 is 1.94 bits per heavy atom. The molecule has 18 heavy (non-hydrogen) atoms. The van der Waals surface area contributed by atoms with Crippen LogP contribution in [-0.4, -0.2) is 44.3 Å². The van der Waals surface area contributed by atoms with E-state index in [-0.39, 0.29) is 0 Å². The van der Waals surface area contributed by atoms with E-state index in [0.29, 0.717) is 10.5 Å². The molecule has 2 atom stereocenters. The molecular formula is C11H14N2O4S. The number of nitrogens with two attached hydrogens (primary N) is 1. The van der Waals surface area contributed by atoms with Crippen molar-refractivity contribution in [2.24, 2.45) is 5.73 Å². The molecule has 0 heterocycles. The summed E-state index contributed by atoms with van der Waals surface area (Å²) in [6.45, 7) is -0.433. The van der Waals surface area contributed by atoms with Crippen molar-refractivity contribution in [2.45, 2.75) is 12.1 Å². The van der Waals surface area contributed by atoms with Crippen molar-refractivity contribution in [3.8, 4) is 0 Å². The van der Waals surface area contributed by atoms with Crippen LogP contribution in [0.3, 0.4) is 0 Å². The maximum absolute atomic E-state index is 11.0. The third-order valence-corrected chi connectivity index (χ3v) is 2.69. The third kappa shape index (κ3) is 3.16. The first-order valence-electron chi connectivity index (χ1n) is 5.14. The molecule has 0 spiro atoms. The number of benzene rings is 1. The van der Waals surface area contributed by atoms with Crippen molar-refractivity contribution in [2.75, 3.05) is 6.61 Å². The zero-order chi connectivity index (χ0) is 13.7. The quantitative estimate of drug-likeness (QED) is 0.463. The van der Waals surface area contributed by atoms with Gasteiger partial charge in [0.1, 0.15) is 6.23 Å². The number of carbonyl (C=O) groups is 1. The van der Waals surface area contributed by atoms with E-state index in [4.69, 9.17) is 10.8 Å². The molecule has 0 saturated heterocycles. The maximum Gasteiger partial charge on any atom is 0.415 e. The van der Waals surface area contributed by atoms with Gasteiger partial charge >= 0.3 is 6.09 Å². The summed E-state index contributed by atoms with van der Waals surface area (Å²) >= 11 is 4.57. The standard InChI is InChI=1S/C11H14N2O4S/c12-10(18)13(11(16)17)9(15)8(6-14)7-4-2-1-3-5-7/h1-5,8-9,14-15H,6H2,(H2,12,18)(H,16,17). The molecule has 0 aliphatic carbocycles. The molecule has 5 N–H and O–H groups in total. The van der Waals surface area contributed by atoms with Crippen molar-refractivity contribution < 1.29 is 20.1 Å². The fraction of sp³-hybridized carbons (Fsp3) is 0.273. The van der Waals surface area contributed by atoms with Gasteiger partial charge in [0.05, 0.1) is 12.5 Å². The van der Waals surface area contributed by atoms with Crippen molar-refractivity contribution >= 4 is 23.4 Å². The summed E-state index contributed by atoms with van der Waals surface area (Å²) in [5.41, 5.74) is 5.84. The number of nitrogens with zero attached hydrogens (tertiary/aromatic N) is 1. The molecule has 0 fully saturated rings. The second-order valence-corrected chi connectivity index (χ2v) is 4.02. The van der Waals surface area contributed by atoms with E-state index >= 15 is 0 Å². The van der Waals surface area contributed by atoms with Crippen LogP contribution in [0.25, 0.3) is 0 Å². The van der Waals surface area contributed by atoms with E-state index in [9.17, 15) is 15.0 Å². The lowest BCUT2D eigenvalue weighted by Gasteiger charge is -2.29. The van der Waals surface area contributed by atoms with Crippen molar-refractivity contribution in [1.82, 2.24) is 4.90 Å². The smallest absolute Gasteiger partial charge is 0.415 e. The summed E-state index contributed by atoms with van der Waals surface area (Å²) in [6.07, 6.45) is -3.00. The van der Waals surface area contributed by atoms with Crippen LogP contribution in [0.15, 0.2) is 30.3 Å². The van der Waals surface area contributed by atoms with Gasteiger partial charge in [0, 0.05) is 0 Å². The number of aliphatic hydroxyl groups excluding tert-OH is 2. The molecule has 1 aromatic rings. The van der Waals surface area contributed by atoms with Crippen LogP contribution in [0.2, 0.25) is 0 Å². The van der Waals surface area contributed by atoms with Crippen molar-refractivity contribution in [1.29, 1.82) is 0 Å². The fourth-order valence-electron chi connectivity index (χ4n) is 1.59. The average Bonchev–Trinajstić information content (AvgIpc) is 2.30. The molecular weight excluding hydrogens is 256 g/mol. The van der Waals surface area contributed by atoms with Crippen LogP contribution in [0.5, 0.6) is 0 Å². The molecule has 0 aliphatic heterocycles. The lowest BCUT2D eigenvalue weighted by Crippen LogP contribution is -2.49. The Balaban J connectivity index is 3.01. The number of aliphatic hydroxyl groups is 2. The summed E-state index contributed by atoms with van der Waals surface area (Å²) in [5, 5.41) is 27.7. The number of amides is 1. The monoisotopic (exact) mass is 270 g/mol. The molecule has 7 heteroatoms. The van der Waals surface area contributed by atoms with Gasteiger partial charge in [0.15, 0.2) is 5.11 Å². The van der Waals surface area contributed by atoms with Gasteiger partial charge < -0.3 is 21.1 Å². The highest BCUT2D eigenvalue weighted by Crippen LogP contribution is 2.21. The summed E-state index contributed by atoms with van der Waals surface area (Å²) in [6, 6.07) is 8.55. The second-order valence-electron chi connectivity index (χ2n) is 3.60. The zero-order valence-corrected chi connectivity index (χ0v) is 10.2. The topological polar surface area (TPSA) is 107 Å². The first-order chi connectivity index (χ1) is 8.49. The molecule has 98 valence electrons. The predicted molar refractivity (Wildman–Crippen MR) is 68.9 cm³/mol. The van der Waals surface area contributed by atoms with Crippen LogP contribution >= 0.6 is 12.2 Å². The van der Waals surface area contributed by atoms with Crippen LogP contribution in [-0.2, 0) is 0 Å². The number of hydrogen-bond acceptors (Lipinski definition) is 4. The summed E-state index contributed by atoms with van der Waals surface area (Å²) in [5.74, 6) is -0.816. The van der Waals surface area contributed by atoms with E-state index in [2.05, 4.69) is 12.2 Å². The molecule has 6 nitrogen and oxygen atoms in total. The zero-order valence-electron chi connectivity index (χ0n) is 9.43. The van der Waals surface area contributed by atoms with Gasteiger partial charge in [-0.2, -0.15) is 0 Å². The van der Waals surface area contributed by atoms with Crippen molar-refractivity contribution in [3.63, 3.8) is 0 Å². The number of thiocarbonyl (C=S) groups is 1. The molecule has 2 unspecified atom stereocenters. The second kappa shape index (κ2) is 6.29. The Morgan fingerprint density at radius 3 is 2.33 bits per heavy atom. The normalized spacial score (nSPS) is 13.7. The summed E-state index contributed by atoms with van der Waals surface area (Å²) < 4.78 is 0. The van der Waals surface area contributed by atoms with Gasteiger partial charge in [-0.1, -0.05) is 30.3 Å². The SMILES string of the molecule is NC(=S)N(C(=O)O)C(O)C(CO)c1ccccc1. The van der Waals surface area contributed by atoms with Crippen LogP contribution in [0, 0.1) is 0 Å². The molecule has 0 aliphatic rings. The highest BCUT2D eigenvalue weighted by Gasteiger charge is 2.31. The highest BCUT2D eigenvalue weighted by molar-refractivity contribution is 7.80. The fourth-order valence-corrected chi connectivity index (χ4v) is 1.78. The molecule has 0 bridgehead atoms. The number of rotatable bonds is 4. The Hall–Kier alpha value is -1.70. The summed E-state index contributed by atoms with van der Waals surface area (Å²) in [7, 11) is 0. The lowest BCUT2D eigenvalue weighted by molar-refractivity contribution is 0.0173. The molecule has 1 aromatic carbocycles. The van der Waals surface area contributed by atoms with Crippen LogP contribution in [0.1, 0.15) is 11.5 Å². The maximum atomic E-state index is 11.0. The van der Waals surface area contributed by atoms with E-state index in [1.165, 1.54) is 0 Å². The number of hydrogen-bond donors (Lipinski definition) is 4. The number of carboxylic acid groups (broad SMARTS) is 1. The van der Waals surface area contributed by atoms with Gasteiger partial charge in [-0.3, -0.25) is 0 Å². The Labute approximate surface area is 109 Å². The molecule has 1 amide bonds. The van der Waals surface area contributed by atoms with Gasteiger partial charge in [0.25, 0.3) is 0 Å². The lowest BCUT2D eigenvalue weighted by atomic mass is 9.98.